The van der Waals surface area contributed by atoms with E-state index in [-0.39, 0.29) is 4.21 Å². The molecule has 20 heavy (non-hydrogen) atoms. The fourth-order valence-corrected chi connectivity index (χ4v) is 3.51. The van der Waals surface area contributed by atoms with Gasteiger partial charge in [0.05, 0.1) is 6.54 Å². The van der Waals surface area contributed by atoms with E-state index in [0.717, 1.165) is 16.2 Å². The highest BCUT2D eigenvalue weighted by molar-refractivity contribution is 7.91. The highest BCUT2D eigenvalue weighted by atomic mass is 32.2. The summed E-state index contributed by atoms with van der Waals surface area (Å²) in [6.07, 6.45) is -3.86. The van der Waals surface area contributed by atoms with E-state index >= 15 is 0 Å². The first-order chi connectivity index (χ1) is 9.14. The molecule has 0 saturated carbocycles. The fraction of sp³-hybridized carbons (Fsp3) is 0.500. The molecule has 0 saturated heterocycles. The highest BCUT2D eigenvalue weighted by Crippen LogP contribution is 2.21. The maximum Gasteiger partial charge on any atom is 0.405 e. The van der Waals surface area contributed by atoms with Crippen LogP contribution in [0.4, 0.5) is 13.2 Å². The van der Waals surface area contributed by atoms with Crippen molar-refractivity contribution in [2.75, 3.05) is 13.1 Å². The van der Waals surface area contributed by atoms with Crippen molar-refractivity contribution in [2.24, 2.45) is 0 Å². The Bertz CT molecular complexity index is 567. The van der Waals surface area contributed by atoms with Crippen molar-refractivity contribution in [2.45, 2.75) is 23.7 Å². The second-order valence-electron chi connectivity index (χ2n) is 3.79. The summed E-state index contributed by atoms with van der Waals surface area (Å²) < 4.78 is 61.0. The number of sulfonamides is 1. The SMILES string of the molecule is CCc1ccc(S(=O)(=O)NCC(=O)NCC(F)(F)F)s1. The molecule has 0 atom stereocenters. The Labute approximate surface area is 118 Å². The van der Waals surface area contributed by atoms with Gasteiger partial charge < -0.3 is 5.32 Å². The molecule has 0 aliphatic heterocycles. The molecule has 2 N–H and O–H groups in total. The van der Waals surface area contributed by atoms with E-state index in [9.17, 15) is 26.4 Å². The second-order valence-corrected chi connectivity index (χ2v) is 6.95. The first-order valence-corrected chi connectivity index (χ1v) is 7.86. The third-order valence-electron chi connectivity index (χ3n) is 2.16. The Hall–Kier alpha value is -1.13. The van der Waals surface area contributed by atoms with Crippen molar-refractivity contribution in [3.63, 3.8) is 0 Å². The van der Waals surface area contributed by atoms with Gasteiger partial charge in [0.15, 0.2) is 0 Å². The van der Waals surface area contributed by atoms with Gasteiger partial charge in [-0.3, -0.25) is 4.79 Å². The van der Waals surface area contributed by atoms with Crippen LogP contribution < -0.4 is 10.0 Å². The Kier molecular flexibility index (Phi) is 5.54. The number of carbonyl (C=O) groups is 1. The van der Waals surface area contributed by atoms with Gasteiger partial charge in [-0.05, 0) is 18.6 Å². The van der Waals surface area contributed by atoms with Crippen molar-refractivity contribution in [1.29, 1.82) is 0 Å². The van der Waals surface area contributed by atoms with Gasteiger partial charge in [-0.25, -0.2) is 13.1 Å². The standard InChI is InChI=1S/C10H13F3N2O3S2/c1-2-7-3-4-9(19-7)20(17,18)15-5-8(16)14-6-10(11,12)13/h3-4,15H,2,5-6H2,1H3,(H,14,16). The fourth-order valence-electron chi connectivity index (χ4n) is 1.19. The summed E-state index contributed by atoms with van der Waals surface area (Å²) in [4.78, 5) is 11.9. The van der Waals surface area contributed by atoms with E-state index in [2.05, 4.69) is 0 Å². The first kappa shape index (κ1) is 16.9. The molecular weight excluding hydrogens is 317 g/mol. The number of nitrogens with one attached hydrogen (secondary N) is 2. The van der Waals surface area contributed by atoms with Crippen LogP contribution in [0, 0.1) is 0 Å². The number of carbonyl (C=O) groups excluding carboxylic acids is 1. The Morgan fingerprint density at radius 1 is 1.35 bits per heavy atom. The van der Waals surface area contributed by atoms with Gasteiger partial charge in [0.2, 0.25) is 5.91 Å². The third-order valence-corrected chi connectivity index (χ3v) is 5.28. The number of aryl methyl sites for hydroxylation is 1. The molecule has 5 nitrogen and oxygen atoms in total. The van der Waals surface area contributed by atoms with Crippen LogP contribution in [-0.2, 0) is 21.2 Å². The van der Waals surface area contributed by atoms with E-state index in [4.69, 9.17) is 0 Å². The molecule has 10 heteroatoms. The summed E-state index contributed by atoms with van der Waals surface area (Å²) in [6.45, 7) is -0.370. The molecule has 1 heterocycles. The van der Waals surface area contributed by atoms with Crippen LogP contribution in [0.2, 0.25) is 0 Å². The molecule has 0 spiro atoms. The second kappa shape index (κ2) is 6.55. The average Bonchev–Trinajstić information content (AvgIpc) is 2.82. The van der Waals surface area contributed by atoms with Crippen molar-refractivity contribution in [3.8, 4) is 0 Å². The lowest BCUT2D eigenvalue weighted by molar-refractivity contribution is -0.137. The zero-order valence-electron chi connectivity index (χ0n) is 10.5. The maximum atomic E-state index is 11.8. The highest BCUT2D eigenvalue weighted by Gasteiger charge is 2.28. The molecule has 0 aliphatic rings. The van der Waals surface area contributed by atoms with E-state index in [1.807, 2.05) is 11.6 Å². The Morgan fingerprint density at radius 2 is 2.00 bits per heavy atom. The number of thiophene rings is 1. The number of amides is 1. The van der Waals surface area contributed by atoms with Gasteiger partial charge in [-0.1, -0.05) is 6.92 Å². The normalized spacial score (nSPS) is 12.4. The number of halogens is 3. The van der Waals surface area contributed by atoms with Crippen LogP contribution in [0.5, 0.6) is 0 Å². The van der Waals surface area contributed by atoms with Crippen LogP contribution in [-0.4, -0.2) is 33.6 Å². The number of hydrogen-bond donors (Lipinski definition) is 2. The predicted molar refractivity (Wildman–Crippen MR) is 68.0 cm³/mol. The maximum absolute atomic E-state index is 11.8. The minimum absolute atomic E-state index is 0.0259. The molecule has 1 rings (SSSR count). The van der Waals surface area contributed by atoms with Crippen molar-refractivity contribution in [1.82, 2.24) is 10.0 Å². The zero-order chi connectivity index (χ0) is 15.4. The number of rotatable bonds is 6. The quantitative estimate of drug-likeness (QED) is 0.825. The van der Waals surface area contributed by atoms with Gasteiger partial charge in [-0.2, -0.15) is 13.2 Å². The summed E-state index contributed by atoms with van der Waals surface area (Å²) >= 11 is 1.05. The van der Waals surface area contributed by atoms with Crippen LogP contribution >= 0.6 is 11.3 Å². The van der Waals surface area contributed by atoms with Crippen molar-refractivity contribution >= 4 is 27.3 Å². The summed E-state index contributed by atoms with van der Waals surface area (Å²) in [5.41, 5.74) is 0. The van der Waals surface area contributed by atoms with Crippen molar-refractivity contribution in [3.05, 3.63) is 17.0 Å². The van der Waals surface area contributed by atoms with Crippen LogP contribution in [0.1, 0.15) is 11.8 Å². The molecule has 0 bridgehead atoms. The van der Waals surface area contributed by atoms with Gasteiger partial charge in [0, 0.05) is 4.88 Å². The van der Waals surface area contributed by atoms with E-state index in [1.165, 1.54) is 6.07 Å². The monoisotopic (exact) mass is 330 g/mol. The topological polar surface area (TPSA) is 75.3 Å². The number of hydrogen-bond acceptors (Lipinski definition) is 4. The molecular formula is C10H13F3N2O3S2. The van der Waals surface area contributed by atoms with Crippen LogP contribution in [0.15, 0.2) is 16.3 Å². The molecule has 1 amide bonds. The van der Waals surface area contributed by atoms with E-state index in [0.29, 0.717) is 6.42 Å². The lowest BCUT2D eigenvalue weighted by atomic mass is 10.4. The summed E-state index contributed by atoms with van der Waals surface area (Å²) in [6, 6.07) is 3.03. The van der Waals surface area contributed by atoms with Crippen molar-refractivity contribution < 1.29 is 26.4 Å². The molecule has 0 fully saturated rings. The summed E-state index contributed by atoms with van der Waals surface area (Å²) in [5, 5.41) is 1.58. The molecule has 0 unspecified atom stereocenters. The van der Waals surface area contributed by atoms with E-state index < -0.39 is 35.2 Å². The Morgan fingerprint density at radius 3 is 2.50 bits per heavy atom. The zero-order valence-corrected chi connectivity index (χ0v) is 12.1. The predicted octanol–water partition coefficient (Wildman–Crippen LogP) is 1.27. The van der Waals surface area contributed by atoms with Gasteiger partial charge >= 0.3 is 6.18 Å². The molecule has 1 aromatic heterocycles. The Balaban J connectivity index is 2.53. The lowest BCUT2D eigenvalue weighted by Gasteiger charge is -2.08. The molecule has 1 aromatic rings. The average molecular weight is 330 g/mol. The van der Waals surface area contributed by atoms with Crippen LogP contribution in [0.3, 0.4) is 0 Å². The smallest absolute Gasteiger partial charge is 0.346 e. The molecule has 0 aromatic carbocycles. The minimum Gasteiger partial charge on any atom is -0.346 e. The van der Waals surface area contributed by atoms with Gasteiger partial charge in [-0.15, -0.1) is 11.3 Å². The minimum atomic E-state index is -4.53. The summed E-state index contributed by atoms with van der Waals surface area (Å²) in [7, 11) is -3.87. The summed E-state index contributed by atoms with van der Waals surface area (Å²) in [5.74, 6) is -1.04. The third kappa shape index (κ3) is 5.47. The molecule has 0 radical (unpaired) electrons. The largest absolute Gasteiger partial charge is 0.405 e. The van der Waals surface area contributed by atoms with Gasteiger partial charge in [0.25, 0.3) is 10.0 Å². The van der Waals surface area contributed by atoms with E-state index in [1.54, 1.807) is 11.4 Å². The number of alkyl halides is 3. The molecule has 114 valence electrons. The molecule has 0 aliphatic carbocycles. The van der Waals surface area contributed by atoms with Gasteiger partial charge in [0.1, 0.15) is 10.8 Å². The van der Waals surface area contributed by atoms with Crippen LogP contribution in [0.25, 0.3) is 0 Å². The first-order valence-electron chi connectivity index (χ1n) is 5.56. The lowest BCUT2D eigenvalue weighted by Crippen LogP contribution is -2.40.